The Morgan fingerprint density at radius 1 is 0.652 bits per heavy atom. The van der Waals surface area contributed by atoms with Crippen LogP contribution in [0.5, 0.6) is 0 Å². The topological polar surface area (TPSA) is 37.3 Å². The summed E-state index contributed by atoms with van der Waals surface area (Å²) in [7, 11) is 0. The molecule has 1 N–H and O–H groups in total. The Kier molecular flexibility index (Phi) is 26.1. The van der Waals surface area contributed by atoms with Gasteiger partial charge in [0.15, 0.2) is 0 Å². The lowest BCUT2D eigenvalue weighted by atomic mass is 10.0. The molecular weight excluding hydrogens is 308 g/mol. The maximum atomic E-state index is 9.00. The fraction of sp³-hybridized carbons (Fsp3) is 0.950. The number of carboxylic acids is 1. The lowest BCUT2D eigenvalue weighted by Crippen LogP contribution is -1.83. The minimum absolute atomic E-state index is 0.833. The van der Waals surface area contributed by atoms with E-state index in [4.69, 9.17) is 21.5 Å². The van der Waals surface area contributed by atoms with Crippen LogP contribution in [-0.4, -0.2) is 17.0 Å². The summed E-state index contributed by atoms with van der Waals surface area (Å²) < 4.78 is 0. The van der Waals surface area contributed by atoms with Crippen molar-refractivity contribution in [1.29, 1.82) is 0 Å². The molecule has 140 valence electrons. The number of aliphatic carboxylic acids is 1. The lowest BCUT2D eigenvalue weighted by molar-refractivity contribution is -0.134. The minimum atomic E-state index is -0.833. The molecule has 0 aliphatic rings. The van der Waals surface area contributed by atoms with Gasteiger partial charge >= 0.3 is 0 Å². The maximum Gasteiger partial charge on any atom is 0.300 e. The molecule has 0 aromatic carbocycles. The third kappa shape index (κ3) is 34.2. The molecule has 0 atom stereocenters. The zero-order chi connectivity index (χ0) is 17.6. The van der Waals surface area contributed by atoms with E-state index in [-0.39, 0.29) is 0 Å². The number of halogens is 1. The van der Waals surface area contributed by atoms with E-state index in [2.05, 4.69) is 6.92 Å². The molecule has 0 amide bonds. The van der Waals surface area contributed by atoms with E-state index < -0.39 is 5.97 Å². The molecule has 3 heteroatoms. The van der Waals surface area contributed by atoms with Gasteiger partial charge in [-0.1, -0.05) is 103 Å². The fourth-order valence-electron chi connectivity index (χ4n) is 2.64. The number of hydrogen-bond donors (Lipinski definition) is 1. The van der Waals surface area contributed by atoms with Gasteiger partial charge in [-0.25, -0.2) is 0 Å². The van der Waals surface area contributed by atoms with Crippen molar-refractivity contribution < 1.29 is 9.90 Å². The highest BCUT2D eigenvalue weighted by atomic mass is 35.5. The highest BCUT2D eigenvalue weighted by molar-refractivity contribution is 6.17. The number of alkyl halides is 1. The van der Waals surface area contributed by atoms with E-state index in [1.807, 2.05) is 0 Å². The Bertz CT molecular complexity index is 200. The summed E-state index contributed by atoms with van der Waals surface area (Å²) in [4.78, 5) is 9.00. The van der Waals surface area contributed by atoms with E-state index in [0.29, 0.717) is 0 Å². The average molecular weight is 349 g/mol. The Labute approximate surface area is 150 Å². The molecular formula is C20H41ClO2. The molecule has 0 saturated heterocycles. The van der Waals surface area contributed by atoms with Crippen LogP contribution in [0.2, 0.25) is 0 Å². The molecule has 0 rings (SSSR count). The average Bonchev–Trinajstić information content (AvgIpc) is 2.50. The van der Waals surface area contributed by atoms with Gasteiger partial charge < -0.3 is 5.11 Å². The predicted octanol–water partition coefficient (Wildman–Crippen LogP) is 7.58. The summed E-state index contributed by atoms with van der Waals surface area (Å²) in [5.74, 6) is 0.0123. The van der Waals surface area contributed by atoms with Crippen molar-refractivity contribution in [1.82, 2.24) is 0 Å². The van der Waals surface area contributed by atoms with Crippen molar-refractivity contribution in [3.63, 3.8) is 0 Å². The zero-order valence-corrected chi connectivity index (χ0v) is 16.5. The molecule has 0 aliphatic heterocycles. The minimum Gasteiger partial charge on any atom is -0.481 e. The van der Waals surface area contributed by atoms with Gasteiger partial charge in [0, 0.05) is 12.8 Å². The summed E-state index contributed by atoms with van der Waals surface area (Å²) in [6, 6.07) is 0. The van der Waals surface area contributed by atoms with E-state index in [0.717, 1.165) is 12.8 Å². The number of unbranched alkanes of at least 4 members (excludes halogenated alkanes) is 15. The quantitative estimate of drug-likeness (QED) is 0.230. The standard InChI is InChI=1S/C18H37Cl.C2H4O2/c1-2-3-4-5-6-7-8-9-10-11-12-13-14-15-16-17-18-19;1-2(3)4/h2-18H2,1H3;1H3,(H,3,4). The van der Waals surface area contributed by atoms with Crippen molar-refractivity contribution in [3.05, 3.63) is 0 Å². The third-order valence-electron chi connectivity index (χ3n) is 3.99. The van der Waals surface area contributed by atoms with Crippen LogP contribution in [0.25, 0.3) is 0 Å². The Morgan fingerprint density at radius 2 is 0.870 bits per heavy atom. The fourth-order valence-corrected chi connectivity index (χ4v) is 2.83. The first kappa shape index (κ1) is 25.0. The molecule has 0 fully saturated rings. The second-order valence-corrected chi connectivity index (χ2v) is 6.89. The smallest absolute Gasteiger partial charge is 0.300 e. The number of rotatable bonds is 16. The second kappa shape index (κ2) is 24.0. The summed E-state index contributed by atoms with van der Waals surface area (Å²) in [5.41, 5.74) is 0. The van der Waals surface area contributed by atoms with Crippen LogP contribution in [-0.2, 0) is 4.79 Å². The molecule has 23 heavy (non-hydrogen) atoms. The normalized spacial score (nSPS) is 10.2. The van der Waals surface area contributed by atoms with Gasteiger partial charge in [0.05, 0.1) is 0 Å². The summed E-state index contributed by atoms with van der Waals surface area (Å²) in [6.07, 6.45) is 22.8. The van der Waals surface area contributed by atoms with Crippen molar-refractivity contribution >= 4 is 17.6 Å². The van der Waals surface area contributed by atoms with Crippen LogP contribution < -0.4 is 0 Å². The van der Waals surface area contributed by atoms with Gasteiger partial charge in [-0.05, 0) is 6.42 Å². The molecule has 2 nitrogen and oxygen atoms in total. The number of hydrogen-bond acceptors (Lipinski definition) is 1. The van der Waals surface area contributed by atoms with Gasteiger partial charge in [0.2, 0.25) is 0 Å². The monoisotopic (exact) mass is 348 g/mol. The van der Waals surface area contributed by atoms with Gasteiger partial charge in [-0.2, -0.15) is 0 Å². The molecule has 0 aliphatic carbocycles. The number of carboxylic acid groups (broad SMARTS) is 1. The third-order valence-corrected chi connectivity index (χ3v) is 4.25. The molecule has 0 spiro atoms. The molecule has 0 aromatic rings. The van der Waals surface area contributed by atoms with Crippen LogP contribution in [0.1, 0.15) is 117 Å². The highest BCUT2D eigenvalue weighted by Crippen LogP contribution is 2.13. The first-order valence-corrected chi connectivity index (χ1v) is 10.4. The van der Waals surface area contributed by atoms with Gasteiger partial charge in [-0.3, -0.25) is 4.79 Å². The first-order chi connectivity index (χ1) is 11.1. The van der Waals surface area contributed by atoms with Crippen LogP contribution in [0, 0.1) is 0 Å². The first-order valence-electron chi connectivity index (χ1n) is 9.90. The highest BCUT2D eigenvalue weighted by Gasteiger charge is 1.94. The van der Waals surface area contributed by atoms with E-state index >= 15 is 0 Å². The summed E-state index contributed by atoms with van der Waals surface area (Å²) in [6.45, 7) is 3.37. The molecule has 0 saturated carbocycles. The molecule has 0 heterocycles. The maximum absolute atomic E-state index is 9.00. The lowest BCUT2D eigenvalue weighted by Gasteiger charge is -2.03. The van der Waals surface area contributed by atoms with Crippen molar-refractivity contribution in [2.45, 2.75) is 117 Å². The molecule has 0 unspecified atom stereocenters. The van der Waals surface area contributed by atoms with Gasteiger partial charge in [0.25, 0.3) is 5.97 Å². The summed E-state index contributed by atoms with van der Waals surface area (Å²) >= 11 is 5.66. The molecule has 0 bridgehead atoms. The van der Waals surface area contributed by atoms with Crippen molar-refractivity contribution in [3.8, 4) is 0 Å². The van der Waals surface area contributed by atoms with E-state index in [1.54, 1.807) is 0 Å². The van der Waals surface area contributed by atoms with Crippen LogP contribution in [0.15, 0.2) is 0 Å². The van der Waals surface area contributed by atoms with E-state index in [1.165, 1.54) is 103 Å². The van der Waals surface area contributed by atoms with Crippen molar-refractivity contribution in [2.24, 2.45) is 0 Å². The van der Waals surface area contributed by atoms with Crippen molar-refractivity contribution in [2.75, 3.05) is 5.88 Å². The van der Waals surface area contributed by atoms with Gasteiger partial charge in [-0.15, -0.1) is 11.6 Å². The molecule has 0 radical (unpaired) electrons. The van der Waals surface area contributed by atoms with Gasteiger partial charge in [0.1, 0.15) is 0 Å². The summed E-state index contributed by atoms with van der Waals surface area (Å²) in [5, 5.41) is 7.42. The van der Waals surface area contributed by atoms with E-state index in [9.17, 15) is 0 Å². The molecule has 0 aromatic heterocycles. The predicted molar refractivity (Wildman–Crippen MR) is 104 cm³/mol. The van der Waals surface area contributed by atoms with Crippen LogP contribution in [0.3, 0.4) is 0 Å². The SMILES string of the molecule is CC(=O)O.CCCCCCCCCCCCCCCCCCCl. The zero-order valence-electron chi connectivity index (χ0n) is 15.8. The van der Waals surface area contributed by atoms with Crippen LogP contribution >= 0.6 is 11.6 Å². The largest absolute Gasteiger partial charge is 0.481 e. The van der Waals surface area contributed by atoms with Crippen LogP contribution in [0.4, 0.5) is 0 Å². The second-order valence-electron chi connectivity index (χ2n) is 6.51. The Morgan fingerprint density at radius 3 is 1.09 bits per heavy atom. The Balaban J connectivity index is 0. The Hall–Kier alpha value is -0.240. The number of carbonyl (C=O) groups is 1.